The first-order valence-electron chi connectivity index (χ1n) is 19.9. The van der Waals surface area contributed by atoms with Crippen LogP contribution in [0.25, 0.3) is 11.4 Å². The summed E-state index contributed by atoms with van der Waals surface area (Å²) < 4.78 is 0. The quantitative estimate of drug-likeness (QED) is 0.0372. The van der Waals surface area contributed by atoms with Crippen molar-refractivity contribution in [3.63, 3.8) is 0 Å². The molecule has 0 aliphatic heterocycles. The van der Waals surface area contributed by atoms with E-state index in [2.05, 4.69) is 44.5 Å². The predicted octanol–water partition coefficient (Wildman–Crippen LogP) is 9.81. The molecule has 0 unspecified atom stereocenters. The summed E-state index contributed by atoms with van der Waals surface area (Å²) in [5.41, 5.74) is 5.29. The van der Waals surface area contributed by atoms with E-state index in [-0.39, 0.29) is 24.2 Å². The number of carbonyl (C=O) groups excluding carboxylic acids is 1. The molecule has 0 spiro atoms. The second kappa shape index (κ2) is 25.8. The van der Waals surface area contributed by atoms with Gasteiger partial charge in [-0.15, -0.1) is 5.06 Å². The average Bonchev–Trinajstić information content (AvgIpc) is 3.12. The Kier molecular flexibility index (Phi) is 22.3. The molecular weight excluding hydrogens is 626 g/mol. The fraction of sp³-hybridized carbons (Fsp3) is 0.707. The van der Waals surface area contributed by atoms with Gasteiger partial charge in [-0.3, -0.25) is 0 Å². The molecule has 0 aliphatic carbocycles. The zero-order chi connectivity index (χ0) is 36.6. The fourth-order valence-electron chi connectivity index (χ4n) is 6.39. The lowest BCUT2D eigenvalue weighted by Gasteiger charge is -2.24. The molecule has 0 saturated carbocycles. The molecule has 2 rings (SSSR count). The Morgan fingerprint density at radius 2 is 1.16 bits per heavy atom. The van der Waals surface area contributed by atoms with Gasteiger partial charge in [0.1, 0.15) is 6.73 Å². The van der Waals surface area contributed by atoms with Gasteiger partial charge in [0.15, 0.2) is 12.6 Å². The Balaban J connectivity index is 2.66. The fourth-order valence-corrected chi connectivity index (χ4v) is 6.39. The molecule has 9 nitrogen and oxygen atoms in total. The topological polar surface area (TPSA) is 112 Å². The van der Waals surface area contributed by atoms with Gasteiger partial charge >= 0.3 is 5.97 Å². The molecule has 50 heavy (non-hydrogen) atoms. The summed E-state index contributed by atoms with van der Waals surface area (Å²) in [4.78, 5) is 33.7. The van der Waals surface area contributed by atoms with Gasteiger partial charge in [-0.2, -0.15) is 15.0 Å². The summed E-state index contributed by atoms with van der Waals surface area (Å²) in [5, 5.41) is 21.4. The summed E-state index contributed by atoms with van der Waals surface area (Å²) in [7, 11) is 0. The third-order valence-corrected chi connectivity index (χ3v) is 9.47. The number of hydrogen-bond acceptors (Lipinski definition) is 9. The van der Waals surface area contributed by atoms with Crippen molar-refractivity contribution < 1.29 is 19.8 Å². The molecule has 2 aromatic rings. The zero-order valence-corrected chi connectivity index (χ0v) is 32.3. The minimum absolute atomic E-state index is 0.00635. The molecular formula is C41H69N5O4. The lowest BCUT2D eigenvalue weighted by Crippen LogP contribution is -2.32. The van der Waals surface area contributed by atoms with Crippen molar-refractivity contribution in [3.8, 4) is 11.4 Å². The van der Waals surface area contributed by atoms with Gasteiger partial charge < -0.3 is 20.0 Å². The summed E-state index contributed by atoms with van der Waals surface area (Å²) in [6, 6.07) is 4.43. The van der Waals surface area contributed by atoms with Crippen LogP contribution in [-0.2, 0) is 28.9 Å². The van der Waals surface area contributed by atoms with E-state index in [1.165, 1.54) is 119 Å². The lowest BCUT2D eigenvalue weighted by molar-refractivity contribution is -0.142. The molecule has 0 atom stereocenters. The number of carbonyl (C=O) groups is 1. The molecule has 0 bridgehead atoms. The molecule has 1 aromatic heterocycles. The van der Waals surface area contributed by atoms with Crippen LogP contribution in [0, 0.1) is 0 Å². The van der Waals surface area contributed by atoms with E-state index in [4.69, 9.17) is 14.8 Å². The summed E-state index contributed by atoms with van der Waals surface area (Å²) in [6.07, 6.45) is 25.3. The maximum Gasteiger partial charge on any atom is 0.358 e. The second-order valence-electron chi connectivity index (χ2n) is 13.7. The SMILES string of the molecule is C=C(C)C(=O)ON(CO)c1nc(-c2ccc(CCCCCCCC)c(CCCCCCCC)c2CCCCCCCC)nc(N(CC)CO)n1. The third-order valence-electron chi connectivity index (χ3n) is 9.47. The van der Waals surface area contributed by atoms with E-state index in [1.54, 1.807) is 11.8 Å². The Hall–Kier alpha value is -3.04. The molecule has 0 saturated heterocycles. The van der Waals surface area contributed by atoms with Crippen LogP contribution in [0.3, 0.4) is 0 Å². The van der Waals surface area contributed by atoms with Crippen LogP contribution in [0.4, 0.5) is 11.9 Å². The molecule has 9 heteroatoms. The maximum atomic E-state index is 12.5. The third kappa shape index (κ3) is 15.1. The highest BCUT2D eigenvalue weighted by Gasteiger charge is 2.23. The van der Waals surface area contributed by atoms with Crippen molar-refractivity contribution in [2.45, 2.75) is 169 Å². The number of benzene rings is 1. The Morgan fingerprint density at radius 3 is 1.66 bits per heavy atom. The van der Waals surface area contributed by atoms with Crippen molar-refractivity contribution in [1.29, 1.82) is 0 Å². The zero-order valence-electron chi connectivity index (χ0n) is 32.3. The molecule has 0 aliphatic rings. The first-order valence-corrected chi connectivity index (χ1v) is 19.9. The van der Waals surface area contributed by atoms with Gasteiger partial charge in [-0.05, 0) is 69.1 Å². The average molecular weight is 696 g/mol. The number of aromatic nitrogens is 3. The lowest BCUT2D eigenvalue weighted by atomic mass is 9.86. The Morgan fingerprint density at radius 1 is 0.660 bits per heavy atom. The normalized spacial score (nSPS) is 11.2. The van der Waals surface area contributed by atoms with Gasteiger partial charge in [0, 0.05) is 17.7 Å². The minimum atomic E-state index is -0.693. The second-order valence-corrected chi connectivity index (χ2v) is 13.7. The monoisotopic (exact) mass is 696 g/mol. The number of unbranched alkanes of at least 4 members (excludes halogenated alkanes) is 15. The van der Waals surface area contributed by atoms with Crippen LogP contribution in [0.5, 0.6) is 0 Å². The Bertz CT molecular complexity index is 1250. The van der Waals surface area contributed by atoms with Gasteiger partial charge in [0.2, 0.25) is 5.95 Å². The largest absolute Gasteiger partial charge is 0.376 e. The smallest absolute Gasteiger partial charge is 0.358 e. The number of aliphatic hydroxyl groups excluding tert-OH is 2. The van der Waals surface area contributed by atoms with E-state index in [0.717, 1.165) is 42.7 Å². The molecule has 1 heterocycles. The molecule has 282 valence electrons. The van der Waals surface area contributed by atoms with Crippen LogP contribution in [0.2, 0.25) is 0 Å². The number of nitrogens with zero attached hydrogens (tertiary/aromatic N) is 5. The number of aryl methyl sites for hydroxylation is 1. The standard InChI is InChI=1S/C41H69N5O4/c1-7-11-14-17-20-23-26-34-29-30-37(36(28-25-22-19-16-13-9-3)35(34)27-24-21-18-15-12-8-2)38-42-40(45(10-4)31-47)44-41(43-38)46(32-48)50-39(49)33(5)6/h29-30,47-48H,5,7-28,31-32H2,1-4,6H3. The van der Waals surface area contributed by atoms with Crippen molar-refractivity contribution >= 4 is 17.9 Å². The van der Waals surface area contributed by atoms with Crippen LogP contribution in [0.1, 0.15) is 167 Å². The van der Waals surface area contributed by atoms with E-state index < -0.39 is 12.7 Å². The maximum absolute atomic E-state index is 12.5. The van der Waals surface area contributed by atoms with E-state index in [9.17, 15) is 15.0 Å². The van der Waals surface area contributed by atoms with Crippen molar-refractivity contribution in [1.82, 2.24) is 15.0 Å². The van der Waals surface area contributed by atoms with Gasteiger partial charge in [-0.1, -0.05) is 136 Å². The number of rotatable bonds is 29. The molecule has 1 aromatic carbocycles. The van der Waals surface area contributed by atoms with E-state index in [1.807, 2.05) is 6.92 Å². The molecule has 2 N–H and O–H groups in total. The van der Waals surface area contributed by atoms with Crippen molar-refractivity contribution in [3.05, 3.63) is 41.0 Å². The summed E-state index contributed by atoms with van der Waals surface area (Å²) >= 11 is 0. The van der Waals surface area contributed by atoms with Crippen LogP contribution >= 0.6 is 0 Å². The van der Waals surface area contributed by atoms with Crippen LogP contribution in [0.15, 0.2) is 24.3 Å². The first kappa shape index (κ1) is 43.1. The molecule has 0 radical (unpaired) electrons. The highest BCUT2D eigenvalue weighted by Crippen LogP contribution is 2.33. The molecule has 0 fully saturated rings. The van der Waals surface area contributed by atoms with Crippen molar-refractivity contribution in [2.24, 2.45) is 0 Å². The van der Waals surface area contributed by atoms with Crippen molar-refractivity contribution in [2.75, 3.05) is 30.0 Å². The highest BCUT2D eigenvalue weighted by atomic mass is 16.7. The number of aliphatic hydroxyl groups is 2. The summed E-state index contributed by atoms with van der Waals surface area (Å²) in [5.74, 6) is -0.00812. The minimum Gasteiger partial charge on any atom is -0.376 e. The number of anilines is 2. The van der Waals surface area contributed by atoms with Crippen LogP contribution in [-0.4, -0.2) is 51.1 Å². The molecule has 0 amide bonds. The highest BCUT2D eigenvalue weighted by molar-refractivity contribution is 5.87. The van der Waals surface area contributed by atoms with E-state index >= 15 is 0 Å². The van der Waals surface area contributed by atoms with Crippen LogP contribution < -0.4 is 9.96 Å². The number of hydrogen-bond donors (Lipinski definition) is 2. The first-order chi connectivity index (χ1) is 24.3. The van der Waals surface area contributed by atoms with Gasteiger partial charge in [0.25, 0.3) is 5.95 Å². The van der Waals surface area contributed by atoms with E-state index in [0.29, 0.717) is 12.4 Å². The van der Waals surface area contributed by atoms with Gasteiger partial charge in [0.05, 0.1) is 0 Å². The summed E-state index contributed by atoms with van der Waals surface area (Å²) in [6.45, 7) is 13.4. The predicted molar refractivity (Wildman–Crippen MR) is 207 cm³/mol. The van der Waals surface area contributed by atoms with Gasteiger partial charge in [-0.25, -0.2) is 4.79 Å². The number of hydroxylamine groups is 1. The Labute approximate surface area is 303 Å².